The second-order valence-electron chi connectivity index (χ2n) is 7.46. The summed E-state index contributed by atoms with van der Waals surface area (Å²) < 4.78 is 0. The lowest BCUT2D eigenvalue weighted by Crippen LogP contribution is -2.57. The van der Waals surface area contributed by atoms with Gasteiger partial charge < -0.3 is 10.6 Å². The Hall–Kier alpha value is -0.860. The van der Waals surface area contributed by atoms with E-state index in [4.69, 9.17) is 5.73 Å². The summed E-state index contributed by atoms with van der Waals surface area (Å²) in [7, 11) is 4.30. The molecule has 0 spiro atoms. The van der Waals surface area contributed by atoms with E-state index in [-0.39, 0.29) is 17.0 Å². The lowest BCUT2D eigenvalue weighted by Gasteiger charge is -2.43. The number of hydrogen-bond donors (Lipinski definition) is 1. The smallest absolute Gasteiger partial charge is 0.0352 e. The van der Waals surface area contributed by atoms with Gasteiger partial charge in [-0.2, -0.15) is 0 Å². The molecule has 0 heterocycles. The van der Waals surface area contributed by atoms with Crippen LogP contribution in [0.15, 0.2) is 24.3 Å². The first kappa shape index (κ1) is 18.2. The summed E-state index contributed by atoms with van der Waals surface area (Å²) >= 11 is 0. The van der Waals surface area contributed by atoms with Crippen molar-refractivity contribution in [1.29, 1.82) is 0 Å². The lowest BCUT2D eigenvalue weighted by atomic mass is 9.80. The molecule has 1 atom stereocenters. The molecule has 0 amide bonds. The van der Waals surface area contributed by atoms with Gasteiger partial charge in [0.05, 0.1) is 0 Å². The van der Waals surface area contributed by atoms with Crippen molar-refractivity contribution in [3.05, 3.63) is 35.4 Å². The van der Waals surface area contributed by atoms with Gasteiger partial charge in [-0.05, 0) is 49.9 Å². The highest BCUT2D eigenvalue weighted by Crippen LogP contribution is 2.28. The Balaban J connectivity index is 2.90. The molecule has 0 bridgehead atoms. The standard InChI is InChI=1S/C19H34N2/c1-8-19(9-2,21(6)7)17(20)14-15-10-12-16(13-11-15)18(3,4)5/h10-13,17H,8-9,14,20H2,1-7H3. The third-order valence-corrected chi connectivity index (χ3v) is 5.08. The zero-order chi connectivity index (χ0) is 16.3. The topological polar surface area (TPSA) is 29.3 Å². The van der Waals surface area contributed by atoms with Crippen molar-refractivity contribution in [3.63, 3.8) is 0 Å². The summed E-state index contributed by atoms with van der Waals surface area (Å²) in [5.41, 5.74) is 9.60. The van der Waals surface area contributed by atoms with Crippen LogP contribution in [0.4, 0.5) is 0 Å². The summed E-state index contributed by atoms with van der Waals surface area (Å²) in [6.45, 7) is 11.2. The molecule has 0 radical (unpaired) electrons. The highest BCUT2D eigenvalue weighted by molar-refractivity contribution is 5.28. The van der Waals surface area contributed by atoms with Gasteiger partial charge in [0.25, 0.3) is 0 Å². The van der Waals surface area contributed by atoms with Gasteiger partial charge in [0, 0.05) is 11.6 Å². The van der Waals surface area contributed by atoms with E-state index in [9.17, 15) is 0 Å². The van der Waals surface area contributed by atoms with Gasteiger partial charge in [0.15, 0.2) is 0 Å². The quantitative estimate of drug-likeness (QED) is 0.859. The fraction of sp³-hybridized carbons (Fsp3) is 0.684. The largest absolute Gasteiger partial charge is 0.326 e. The summed E-state index contributed by atoms with van der Waals surface area (Å²) in [5.74, 6) is 0. The van der Waals surface area contributed by atoms with Crippen LogP contribution in [-0.4, -0.2) is 30.6 Å². The van der Waals surface area contributed by atoms with Crippen molar-refractivity contribution in [2.75, 3.05) is 14.1 Å². The van der Waals surface area contributed by atoms with Crippen LogP contribution in [0, 0.1) is 0 Å². The van der Waals surface area contributed by atoms with E-state index in [1.807, 2.05) is 0 Å². The Bertz CT molecular complexity index is 422. The molecule has 0 fully saturated rings. The molecular formula is C19H34N2. The molecule has 2 nitrogen and oxygen atoms in total. The summed E-state index contributed by atoms with van der Waals surface area (Å²) in [4.78, 5) is 2.31. The van der Waals surface area contributed by atoms with Crippen molar-refractivity contribution in [1.82, 2.24) is 4.90 Å². The lowest BCUT2D eigenvalue weighted by molar-refractivity contribution is 0.105. The summed E-state index contributed by atoms with van der Waals surface area (Å²) in [6.07, 6.45) is 3.10. The van der Waals surface area contributed by atoms with Gasteiger partial charge in [0.2, 0.25) is 0 Å². The van der Waals surface area contributed by atoms with Crippen LogP contribution in [0.1, 0.15) is 58.6 Å². The predicted octanol–water partition coefficient (Wildman–Crippen LogP) is 3.97. The molecule has 2 heteroatoms. The van der Waals surface area contributed by atoms with Crippen molar-refractivity contribution in [3.8, 4) is 0 Å². The summed E-state index contributed by atoms with van der Waals surface area (Å²) in [5, 5.41) is 0. The van der Waals surface area contributed by atoms with Crippen LogP contribution >= 0.6 is 0 Å². The highest BCUT2D eigenvalue weighted by Gasteiger charge is 2.35. The van der Waals surface area contributed by atoms with E-state index in [1.54, 1.807) is 0 Å². The van der Waals surface area contributed by atoms with E-state index in [2.05, 4.69) is 77.9 Å². The van der Waals surface area contributed by atoms with Crippen LogP contribution < -0.4 is 5.73 Å². The molecule has 21 heavy (non-hydrogen) atoms. The average Bonchev–Trinajstić information content (AvgIpc) is 2.40. The van der Waals surface area contributed by atoms with Crippen molar-refractivity contribution >= 4 is 0 Å². The number of nitrogens with two attached hydrogens (primary N) is 1. The minimum absolute atomic E-state index is 0.0860. The third-order valence-electron chi connectivity index (χ3n) is 5.08. The molecule has 0 saturated carbocycles. The van der Waals surface area contributed by atoms with Gasteiger partial charge in [-0.15, -0.1) is 0 Å². The molecular weight excluding hydrogens is 256 g/mol. The fourth-order valence-electron chi connectivity index (χ4n) is 3.32. The Morgan fingerprint density at radius 2 is 1.48 bits per heavy atom. The minimum Gasteiger partial charge on any atom is -0.326 e. The molecule has 2 N–H and O–H groups in total. The summed E-state index contributed by atoms with van der Waals surface area (Å²) in [6, 6.07) is 9.13. The van der Waals surface area contributed by atoms with Crippen molar-refractivity contribution < 1.29 is 0 Å². The van der Waals surface area contributed by atoms with Crippen molar-refractivity contribution in [2.24, 2.45) is 5.73 Å². The van der Waals surface area contributed by atoms with Crippen molar-refractivity contribution in [2.45, 2.75) is 70.9 Å². The first-order chi connectivity index (χ1) is 9.67. The van der Waals surface area contributed by atoms with E-state index in [0.717, 1.165) is 19.3 Å². The van der Waals surface area contributed by atoms with Crippen LogP contribution in [0.5, 0.6) is 0 Å². The molecule has 1 aromatic rings. The Morgan fingerprint density at radius 3 is 1.81 bits per heavy atom. The van der Waals surface area contributed by atoms with Crippen LogP contribution in [0.25, 0.3) is 0 Å². The number of benzene rings is 1. The van der Waals surface area contributed by atoms with Gasteiger partial charge in [-0.25, -0.2) is 0 Å². The molecule has 0 aliphatic carbocycles. The van der Waals surface area contributed by atoms with E-state index < -0.39 is 0 Å². The first-order valence-corrected chi connectivity index (χ1v) is 8.19. The van der Waals surface area contributed by atoms with Crippen LogP contribution in [0.3, 0.4) is 0 Å². The van der Waals surface area contributed by atoms with Gasteiger partial charge in [-0.3, -0.25) is 0 Å². The van der Waals surface area contributed by atoms with E-state index in [1.165, 1.54) is 11.1 Å². The zero-order valence-electron chi connectivity index (χ0n) is 15.0. The van der Waals surface area contributed by atoms with E-state index >= 15 is 0 Å². The van der Waals surface area contributed by atoms with E-state index in [0.29, 0.717) is 0 Å². The normalized spacial score (nSPS) is 14.5. The van der Waals surface area contributed by atoms with Crippen LogP contribution in [-0.2, 0) is 11.8 Å². The number of nitrogens with zero attached hydrogens (tertiary/aromatic N) is 1. The molecule has 1 unspecified atom stereocenters. The maximum Gasteiger partial charge on any atom is 0.0352 e. The third kappa shape index (κ3) is 4.08. The van der Waals surface area contributed by atoms with Gasteiger partial charge in [0.1, 0.15) is 0 Å². The highest BCUT2D eigenvalue weighted by atomic mass is 15.2. The van der Waals surface area contributed by atoms with Gasteiger partial charge >= 0.3 is 0 Å². The average molecular weight is 290 g/mol. The van der Waals surface area contributed by atoms with Crippen LogP contribution in [0.2, 0.25) is 0 Å². The second kappa shape index (κ2) is 6.93. The molecule has 120 valence electrons. The molecule has 1 aromatic carbocycles. The number of rotatable bonds is 6. The Labute approximate surface area is 131 Å². The monoisotopic (exact) mass is 290 g/mol. The minimum atomic E-state index is 0.0860. The maximum atomic E-state index is 6.59. The van der Waals surface area contributed by atoms with Gasteiger partial charge in [-0.1, -0.05) is 58.9 Å². The SMILES string of the molecule is CCC(CC)(C(N)Cc1ccc(C(C)(C)C)cc1)N(C)C. The second-order valence-corrected chi connectivity index (χ2v) is 7.46. The molecule has 0 saturated heterocycles. The molecule has 0 aromatic heterocycles. The Morgan fingerprint density at radius 1 is 1.00 bits per heavy atom. The number of likely N-dealkylation sites (N-methyl/N-ethyl adjacent to an activating group) is 1. The first-order valence-electron chi connectivity index (χ1n) is 8.19. The predicted molar refractivity (Wildman–Crippen MR) is 93.8 cm³/mol. The Kier molecular flexibility index (Phi) is 6.01. The molecule has 1 rings (SSSR count). The molecule has 0 aliphatic rings. The fourth-order valence-corrected chi connectivity index (χ4v) is 3.32. The maximum absolute atomic E-state index is 6.59. The number of hydrogen-bond acceptors (Lipinski definition) is 2. The molecule has 0 aliphatic heterocycles. The zero-order valence-corrected chi connectivity index (χ0v) is 15.0.